The van der Waals surface area contributed by atoms with Gasteiger partial charge in [-0.05, 0) is 36.4 Å². The highest BCUT2D eigenvalue weighted by Crippen LogP contribution is 2.20. The van der Waals surface area contributed by atoms with Gasteiger partial charge in [0, 0.05) is 23.2 Å². The zero-order chi connectivity index (χ0) is 15.1. The fourth-order valence-electron chi connectivity index (χ4n) is 1.71. The van der Waals surface area contributed by atoms with Gasteiger partial charge in [-0.3, -0.25) is 9.59 Å². The molecule has 0 fully saturated rings. The number of anilines is 2. The molecule has 2 aromatic carbocycles. The largest absolute Gasteiger partial charge is 0.326 e. The number of amides is 2. The summed E-state index contributed by atoms with van der Waals surface area (Å²) in [5, 5.41) is 5.53. The standard InChI is InChI=1S/C16H16N2O2S/c1-12(19)17-14-7-9-15(10-8-14)21-11-16(20)18-13-5-3-2-4-6-13/h2-10H,11H2,1H3,(H,17,19)(H,18,20). The van der Waals surface area contributed by atoms with Crippen molar-refractivity contribution in [1.29, 1.82) is 0 Å². The number of hydrogen-bond acceptors (Lipinski definition) is 3. The van der Waals surface area contributed by atoms with E-state index in [9.17, 15) is 9.59 Å². The van der Waals surface area contributed by atoms with E-state index < -0.39 is 0 Å². The molecule has 0 unspecified atom stereocenters. The van der Waals surface area contributed by atoms with E-state index in [-0.39, 0.29) is 11.8 Å². The van der Waals surface area contributed by atoms with Crippen LogP contribution in [0.15, 0.2) is 59.5 Å². The SMILES string of the molecule is CC(=O)Nc1ccc(SCC(=O)Nc2ccccc2)cc1. The molecule has 2 aromatic rings. The van der Waals surface area contributed by atoms with E-state index in [1.807, 2.05) is 54.6 Å². The molecule has 0 saturated carbocycles. The number of para-hydroxylation sites is 1. The average Bonchev–Trinajstić information content (AvgIpc) is 2.47. The fraction of sp³-hybridized carbons (Fsp3) is 0.125. The second kappa shape index (κ2) is 7.50. The van der Waals surface area contributed by atoms with E-state index >= 15 is 0 Å². The molecule has 5 heteroatoms. The quantitative estimate of drug-likeness (QED) is 0.832. The summed E-state index contributed by atoms with van der Waals surface area (Å²) < 4.78 is 0. The van der Waals surface area contributed by atoms with Crippen molar-refractivity contribution in [1.82, 2.24) is 0 Å². The molecule has 108 valence electrons. The predicted molar refractivity (Wildman–Crippen MR) is 86.5 cm³/mol. The Morgan fingerprint density at radius 1 is 0.905 bits per heavy atom. The van der Waals surface area contributed by atoms with Crippen LogP contribution in [-0.4, -0.2) is 17.6 Å². The summed E-state index contributed by atoms with van der Waals surface area (Å²) in [6.45, 7) is 1.47. The summed E-state index contributed by atoms with van der Waals surface area (Å²) in [7, 11) is 0. The number of thioether (sulfide) groups is 1. The van der Waals surface area contributed by atoms with Crippen LogP contribution in [0.1, 0.15) is 6.92 Å². The monoisotopic (exact) mass is 300 g/mol. The first kappa shape index (κ1) is 15.1. The molecule has 0 heterocycles. The van der Waals surface area contributed by atoms with Crippen molar-refractivity contribution >= 4 is 35.0 Å². The summed E-state index contributed by atoms with van der Waals surface area (Å²) in [6, 6.07) is 16.8. The van der Waals surface area contributed by atoms with Gasteiger partial charge in [-0.15, -0.1) is 11.8 Å². The number of carbonyl (C=O) groups is 2. The maximum Gasteiger partial charge on any atom is 0.234 e. The fourth-order valence-corrected chi connectivity index (χ4v) is 2.40. The lowest BCUT2D eigenvalue weighted by molar-refractivity contribution is -0.114. The van der Waals surface area contributed by atoms with E-state index in [2.05, 4.69) is 10.6 Å². The van der Waals surface area contributed by atoms with Gasteiger partial charge in [-0.25, -0.2) is 0 Å². The Labute approximate surface area is 127 Å². The van der Waals surface area contributed by atoms with Crippen molar-refractivity contribution in [2.45, 2.75) is 11.8 Å². The Balaban J connectivity index is 1.82. The van der Waals surface area contributed by atoms with Crippen molar-refractivity contribution in [2.24, 2.45) is 0 Å². The minimum absolute atomic E-state index is 0.0443. The third-order valence-corrected chi connectivity index (χ3v) is 3.61. The highest BCUT2D eigenvalue weighted by molar-refractivity contribution is 8.00. The van der Waals surface area contributed by atoms with Crippen LogP contribution in [0.5, 0.6) is 0 Å². The number of rotatable bonds is 5. The second-order valence-electron chi connectivity index (χ2n) is 4.41. The summed E-state index contributed by atoms with van der Waals surface area (Å²) in [6.07, 6.45) is 0. The van der Waals surface area contributed by atoms with Gasteiger partial charge in [0.05, 0.1) is 5.75 Å². The molecule has 0 aliphatic carbocycles. The molecule has 0 aliphatic rings. The Morgan fingerprint density at radius 2 is 1.52 bits per heavy atom. The molecule has 0 spiro atoms. The van der Waals surface area contributed by atoms with Gasteiger partial charge in [0.2, 0.25) is 11.8 Å². The molecular formula is C16H16N2O2S. The second-order valence-corrected chi connectivity index (χ2v) is 5.46. The summed E-state index contributed by atoms with van der Waals surface area (Å²) in [5.41, 5.74) is 1.55. The van der Waals surface area contributed by atoms with Crippen molar-refractivity contribution in [3.8, 4) is 0 Å². The molecular weight excluding hydrogens is 284 g/mol. The Bertz CT molecular complexity index is 612. The molecule has 2 N–H and O–H groups in total. The van der Waals surface area contributed by atoms with Crippen LogP contribution in [0.25, 0.3) is 0 Å². The molecule has 0 aromatic heterocycles. The number of benzene rings is 2. The Kier molecular flexibility index (Phi) is 5.40. The average molecular weight is 300 g/mol. The van der Waals surface area contributed by atoms with Crippen LogP contribution in [0.3, 0.4) is 0 Å². The van der Waals surface area contributed by atoms with Crippen molar-refractivity contribution < 1.29 is 9.59 Å². The maximum absolute atomic E-state index is 11.8. The van der Waals surface area contributed by atoms with E-state index in [1.54, 1.807) is 0 Å². The Hall–Kier alpha value is -2.27. The van der Waals surface area contributed by atoms with Gasteiger partial charge in [-0.2, -0.15) is 0 Å². The van der Waals surface area contributed by atoms with Gasteiger partial charge in [0.1, 0.15) is 0 Å². The highest BCUT2D eigenvalue weighted by Gasteiger charge is 2.04. The lowest BCUT2D eigenvalue weighted by Crippen LogP contribution is -2.13. The lowest BCUT2D eigenvalue weighted by Gasteiger charge is -2.06. The number of nitrogens with one attached hydrogen (secondary N) is 2. The molecule has 0 radical (unpaired) electrons. The summed E-state index contributed by atoms with van der Waals surface area (Å²) >= 11 is 1.45. The first-order chi connectivity index (χ1) is 10.1. The third-order valence-electron chi connectivity index (χ3n) is 2.60. The smallest absolute Gasteiger partial charge is 0.234 e. The van der Waals surface area contributed by atoms with Crippen molar-refractivity contribution in [3.63, 3.8) is 0 Å². The Morgan fingerprint density at radius 3 is 2.14 bits per heavy atom. The topological polar surface area (TPSA) is 58.2 Å². The third kappa shape index (κ3) is 5.31. The first-order valence-corrected chi connectivity index (χ1v) is 7.47. The van der Waals surface area contributed by atoms with Gasteiger partial charge in [0.15, 0.2) is 0 Å². The van der Waals surface area contributed by atoms with Crippen molar-refractivity contribution in [2.75, 3.05) is 16.4 Å². The first-order valence-electron chi connectivity index (χ1n) is 6.49. The molecule has 2 rings (SSSR count). The molecule has 0 aliphatic heterocycles. The highest BCUT2D eigenvalue weighted by atomic mass is 32.2. The van der Waals surface area contributed by atoms with Gasteiger partial charge >= 0.3 is 0 Å². The molecule has 0 atom stereocenters. The molecule has 0 saturated heterocycles. The van der Waals surface area contributed by atoms with Gasteiger partial charge in [0.25, 0.3) is 0 Å². The van der Waals surface area contributed by atoms with Gasteiger partial charge in [-0.1, -0.05) is 18.2 Å². The van der Waals surface area contributed by atoms with E-state index in [1.165, 1.54) is 18.7 Å². The summed E-state index contributed by atoms with van der Waals surface area (Å²) in [4.78, 5) is 23.7. The predicted octanol–water partition coefficient (Wildman–Crippen LogP) is 3.38. The zero-order valence-electron chi connectivity index (χ0n) is 11.6. The van der Waals surface area contributed by atoms with Crippen LogP contribution in [-0.2, 0) is 9.59 Å². The molecule has 0 bridgehead atoms. The van der Waals surface area contributed by atoms with E-state index in [0.29, 0.717) is 5.75 Å². The lowest BCUT2D eigenvalue weighted by atomic mass is 10.3. The zero-order valence-corrected chi connectivity index (χ0v) is 12.4. The van der Waals surface area contributed by atoms with Crippen LogP contribution in [0.2, 0.25) is 0 Å². The minimum atomic E-state index is -0.0994. The van der Waals surface area contributed by atoms with E-state index in [0.717, 1.165) is 16.3 Å². The van der Waals surface area contributed by atoms with Crippen LogP contribution < -0.4 is 10.6 Å². The summed E-state index contributed by atoms with van der Waals surface area (Å²) in [5.74, 6) is 0.198. The minimum Gasteiger partial charge on any atom is -0.326 e. The van der Waals surface area contributed by atoms with Crippen LogP contribution in [0.4, 0.5) is 11.4 Å². The molecule has 2 amide bonds. The van der Waals surface area contributed by atoms with E-state index in [4.69, 9.17) is 0 Å². The maximum atomic E-state index is 11.8. The van der Waals surface area contributed by atoms with Crippen LogP contribution in [0, 0.1) is 0 Å². The molecule has 4 nitrogen and oxygen atoms in total. The van der Waals surface area contributed by atoms with Crippen molar-refractivity contribution in [3.05, 3.63) is 54.6 Å². The number of hydrogen-bond donors (Lipinski definition) is 2. The van der Waals surface area contributed by atoms with Gasteiger partial charge < -0.3 is 10.6 Å². The van der Waals surface area contributed by atoms with Crippen LogP contribution >= 0.6 is 11.8 Å². The molecule has 21 heavy (non-hydrogen) atoms. The normalized spacial score (nSPS) is 9.95. The number of carbonyl (C=O) groups excluding carboxylic acids is 2.